The molecule has 0 amide bonds. The maximum atomic E-state index is 13.0. The van der Waals surface area contributed by atoms with Gasteiger partial charge in [0.15, 0.2) is 5.03 Å². The number of aryl methyl sites for hydroxylation is 1. The van der Waals surface area contributed by atoms with E-state index in [1.54, 1.807) is 13.8 Å². The van der Waals surface area contributed by atoms with Gasteiger partial charge in [-0.1, -0.05) is 13.8 Å². The van der Waals surface area contributed by atoms with Crippen molar-refractivity contribution in [3.05, 3.63) is 23.6 Å². The predicted molar refractivity (Wildman–Crippen MR) is 67.8 cm³/mol. The average molecular weight is 294 g/mol. The second-order valence-electron chi connectivity index (χ2n) is 3.62. The number of hydrogen-bond acceptors (Lipinski definition) is 4. The van der Waals surface area contributed by atoms with Crippen LogP contribution in [-0.4, -0.2) is 29.1 Å². The normalized spacial score (nSPS) is 12.4. The fraction of sp³-hybridized carbons (Fsp3) is 0.500. The van der Waals surface area contributed by atoms with Crippen molar-refractivity contribution < 1.29 is 17.0 Å². The van der Waals surface area contributed by atoms with E-state index in [-0.39, 0.29) is 22.2 Å². The Bertz CT molecular complexity index is 652. The molecule has 0 saturated heterocycles. The zero-order chi connectivity index (χ0) is 14.0. The minimum atomic E-state index is -4.11. The second-order valence-corrected chi connectivity index (χ2v) is 8.28. The van der Waals surface area contributed by atoms with E-state index in [1.165, 1.54) is 6.92 Å². The molecule has 0 unspecified atom stereocenters. The molecule has 102 valence electrons. The Labute approximate surface area is 107 Å². The standard InChI is InChI=1S/C10H15FN2O3S2/c1-4-17(14,5-2)13-18(15,16)10-7-6-9(11)8(3)12-10/h6-7H,4-5H2,1-3H3. The van der Waals surface area contributed by atoms with Crippen LogP contribution in [0.4, 0.5) is 4.39 Å². The monoisotopic (exact) mass is 294 g/mol. The first kappa shape index (κ1) is 15.0. The van der Waals surface area contributed by atoms with Gasteiger partial charge in [-0.2, -0.15) is 8.42 Å². The lowest BCUT2D eigenvalue weighted by atomic mass is 10.4. The molecule has 0 N–H and O–H groups in total. The van der Waals surface area contributed by atoms with Gasteiger partial charge >= 0.3 is 10.0 Å². The summed E-state index contributed by atoms with van der Waals surface area (Å²) in [5.74, 6) is -0.313. The fourth-order valence-corrected chi connectivity index (χ4v) is 4.67. The number of hydrogen-bond donors (Lipinski definition) is 0. The van der Waals surface area contributed by atoms with Gasteiger partial charge in [-0.15, -0.1) is 3.77 Å². The molecule has 0 aliphatic rings. The topological polar surface area (TPSA) is 76.5 Å². The Morgan fingerprint density at radius 1 is 1.22 bits per heavy atom. The van der Waals surface area contributed by atoms with E-state index >= 15 is 0 Å². The number of pyridine rings is 1. The summed E-state index contributed by atoms with van der Waals surface area (Å²) in [6, 6.07) is 2.02. The molecule has 8 heteroatoms. The number of sulfonamides is 1. The first-order valence-corrected chi connectivity index (χ1v) is 8.65. The summed E-state index contributed by atoms with van der Waals surface area (Å²) in [4.78, 5) is 3.61. The van der Waals surface area contributed by atoms with Gasteiger partial charge in [0.05, 0.1) is 15.4 Å². The van der Waals surface area contributed by atoms with Gasteiger partial charge in [0.2, 0.25) is 0 Å². The molecule has 1 rings (SSSR count). The first-order valence-electron chi connectivity index (χ1n) is 5.36. The molecule has 5 nitrogen and oxygen atoms in total. The third kappa shape index (κ3) is 3.26. The Morgan fingerprint density at radius 2 is 1.78 bits per heavy atom. The maximum absolute atomic E-state index is 13.0. The van der Waals surface area contributed by atoms with Crippen molar-refractivity contribution in [3.63, 3.8) is 0 Å². The third-order valence-electron chi connectivity index (χ3n) is 2.40. The molecule has 0 aliphatic carbocycles. The van der Waals surface area contributed by atoms with Crippen LogP contribution in [-0.2, 0) is 19.8 Å². The molecule has 0 aliphatic heterocycles. The first-order chi connectivity index (χ1) is 8.24. The van der Waals surface area contributed by atoms with Crippen LogP contribution in [0.1, 0.15) is 19.5 Å². The van der Waals surface area contributed by atoms with Crippen LogP contribution < -0.4 is 0 Å². The van der Waals surface area contributed by atoms with E-state index in [9.17, 15) is 17.0 Å². The zero-order valence-electron chi connectivity index (χ0n) is 10.4. The number of halogens is 1. The molecule has 0 bridgehead atoms. The molecule has 0 atom stereocenters. The van der Waals surface area contributed by atoms with Crippen molar-refractivity contribution in [1.82, 2.24) is 4.98 Å². The van der Waals surface area contributed by atoms with Gasteiger partial charge in [-0.25, -0.2) is 13.6 Å². The minimum Gasteiger partial charge on any atom is -0.249 e. The molecule has 0 saturated carbocycles. The fourth-order valence-electron chi connectivity index (χ4n) is 1.19. The van der Waals surface area contributed by atoms with E-state index < -0.39 is 25.6 Å². The summed E-state index contributed by atoms with van der Waals surface area (Å²) in [5, 5.41) is -0.379. The highest BCUT2D eigenvalue weighted by molar-refractivity contribution is 8.03. The molecule has 0 fully saturated rings. The molecule has 1 aromatic heterocycles. The molecule has 1 aromatic rings. The van der Waals surface area contributed by atoms with E-state index in [4.69, 9.17) is 0 Å². The van der Waals surface area contributed by atoms with Crippen LogP contribution in [0.25, 0.3) is 0 Å². The summed E-state index contributed by atoms with van der Waals surface area (Å²) in [5.41, 5.74) is -0.0363. The highest BCUT2D eigenvalue weighted by Gasteiger charge is 2.19. The SMILES string of the molecule is CCS(=O)(CC)=NS(=O)(=O)c1ccc(F)c(C)n1. The van der Waals surface area contributed by atoms with Crippen LogP contribution in [0.3, 0.4) is 0 Å². The summed E-state index contributed by atoms with van der Waals surface area (Å²) in [7, 11) is -6.90. The minimum absolute atomic E-state index is 0.0363. The lowest BCUT2D eigenvalue weighted by Crippen LogP contribution is -2.11. The molecular weight excluding hydrogens is 279 g/mol. The van der Waals surface area contributed by atoms with Crippen LogP contribution in [0.15, 0.2) is 20.9 Å². The van der Waals surface area contributed by atoms with Crippen LogP contribution in [0.5, 0.6) is 0 Å². The van der Waals surface area contributed by atoms with Crippen molar-refractivity contribution >= 4 is 19.8 Å². The number of nitrogens with zero attached hydrogens (tertiary/aromatic N) is 2. The van der Waals surface area contributed by atoms with E-state index in [1.807, 2.05) is 0 Å². The van der Waals surface area contributed by atoms with Gasteiger partial charge < -0.3 is 0 Å². The van der Waals surface area contributed by atoms with Crippen LogP contribution >= 0.6 is 0 Å². The lowest BCUT2D eigenvalue weighted by molar-refractivity contribution is 0.585. The van der Waals surface area contributed by atoms with Gasteiger partial charge in [0.25, 0.3) is 0 Å². The smallest absolute Gasteiger partial charge is 0.249 e. The quantitative estimate of drug-likeness (QED) is 0.847. The number of aromatic nitrogens is 1. The molecule has 18 heavy (non-hydrogen) atoms. The molecule has 0 radical (unpaired) electrons. The van der Waals surface area contributed by atoms with Crippen molar-refractivity contribution in [2.24, 2.45) is 3.77 Å². The summed E-state index contributed by atoms with van der Waals surface area (Å²) in [6.45, 7) is 4.56. The Balaban J connectivity index is 3.40. The van der Waals surface area contributed by atoms with Gasteiger partial charge in [-0.3, -0.25) is 0 Å². The highest BCUT2D eigenvalue weighted by atomic mass is 32.3. The summed E-state index contributed by atoms with van der Waals surface area (Å²) >= 11 is 0. The zero-order valence-corrected chi connectivity index (χ0v) is 12.0. The molecule has 1 heterocycles. The summed E-state index contributed by atoms with van der Waals surface area (Å²) in [6.07, 6.45) is 0. The van der Waals surface area contributed by atoms with Crippen LogP contribution in [0.2, 0.25) is 0 Å². The predicted octanol–water partition coefficient (Wildman–Crippen LogP) is 1.73. The van der Waals surface area contributed by atoms with Gasteiger partial charge in [0, 0.05) is 11.5 Å². The Kier molecular flexibility index (Phi) is 4.44. The van der Waals surface area contributed by atoms with Crippen molar-refractivity contribution in [3.8, 4) is 0 Å². The van der Waals surface area contributed by atoms with Crippen molar-refractivity contribution in [1.29, 1.82) is 0 Å². The van der Waals surface area contributed by atoms with Crippen molar-refractivity contribution in [2.45, 2.75) is 25.8 Å². The van der Waals surface area contributed by atoms with Crippen LogP contribution in [0, 0.1) is 12.7 Å². The molecule has 0 spiro atoms. The second kappa shape index (κ2) is 5.31. The number of rotatable bonds is 4. The lowest BCUT2D eigenvalue weighted by Gasteiger charge is -2.05. The maximum Gasteiger partial charge on any atom is 0.307 e. The van der Waals surface area contributed by atoms with Gasteiger partial charge in [0.1, 0.15) is 5.82 Å². The summed E-state index contributed by atoms with van der Waals surface area (Å²) < 4.78 is 52.3. The van der Waals surface area contributed by atoms with Crippen molar-refractivity contribution in [2.75, 3.05) is 11.5 Å². The van der Waals surface area contributed by atoms with Gasteiger partial charge in [-0.05, 0) is 19.1 Å². The Morgan fingerprint density at radius 3 is 2.22 bits per heavy atom. The molecule has 0 aromatic carbocycles. The molecular formula is C10H15FN2O3S2. The average Bonchev–Trinajstić information content (AvgIpc) is 2.32. The van der Waals surface area contributed by atoms with E-state index in [2.05, 4.69) is 8.75 Å². The third-order valence-corrected chi connectivity index (χ3v) is 6.83. The van der Waals surface area contributed by atoms with E-state index in [0.29, 0.717) is 0 Å². The largest absolute Gasteiger partial charge is 0.307 e. The van der Waals surface area contributed by atoms with E-state index in [0.717, 1.165) is 12.1 Å². The highest BCUT2D eigenvalue weighted by Crippen LogP contribution is 2.14. The Hall–Kier alpha value is -1.02.